The minimum atomic E-state index is -0.478. The van der Waals surface area contributed by atoms with Crippen molar-refractivity contribution in [1.82, 2.24) is 9.88 Å². The molecule has 0 atom stereocenters. The third-order valence-corrected chi connectivity index (χ3v) is 5.06. The first kappa shape index (κ1) is 22.8. The van der Waals surface area contributed by atoms with Crippen LogP contribution in [0, 0.1) is 25.2 Å². The molecule has 0 spiro atoms. The van der Waals surface area contributed by atoms with Gasteiger partial charge in [0.15, 0.2) is 0 Å². The number of amides is 2. The molecule has 0 aliphatic rings. The Bertz CT molecular complexity index is 1220. The van der Waals surface area contributed by atoms with Crippen LogP contribution in [0.25, 0.3) is 17.0 Å². The molecule has 7 heteroatoms. The number of hydrogen-bond acceptors (Lipinski definition) is 4. The molecule has 0 bridgehead atoms. The van der Waals surface area contributed by atoms with Gasteiger partial charge in [0.1, 0.15) is 18.2 Å². The zero-order valence-corrected chi connectivity index (χ0v) is 18.4. The van der Waals surface area contributed by atoms with Gasteiger partial charge in [-0.25, -0.2) is 0 Å². The van der Waals surface area contributed by atoms with Crippen molar-refractivity contribution in [1.29, 1.82) is 5.26 Å². The van der Waals surface area contributed by atoms with Crippen LogP contribution in [0.4, 0.5) is 5.69 Å². The van der Waals surface area contributed by atoms with E-state index in [0.29, 0.717) is 24.4 Å². The number of anilines is 1. The molecule has 3 aromatic rings. The number of benzene rings is 2. The maximum Gasteiger partial charge on any atom is 0.266 e. The molecule has 0 radical (unpaired) electrons. The number of aryl methyl sites for hydroxylation is 2. The van der Waals surface area contributed by atoms with Crippen LogP contribution in [-0.4, -0.2) is 36.6 Å². The first-order chi connectivity index (χ1) is 15.4. The number of hydrogen-bond donors (Lipinski definition) is 2. The number of para-hydroxylation sites is 1. The largest absolute Gasteiger partial charge is 0.383 e. The molecule has 0 fully saturated rings. The Morgan fingerprint density at radius 1 is 1.19 bits per heavy atom. The molecule has 0 aliphatic heterocycles. The average molecular weight is 431 g/mol. The lowest BCUT2D eigenvalue weighted by atomic mass is 10.1. The Morgan fingerprint density at radius 3 is 2.69 bits per heavy atom. The van der Waals surface area contributed by atoms with E-state index in [-0.39, 0.29) is 18.0 Å². The molecular formula is C25H26N4O3. The number of nitriles is 1. The van der Waals surface area contributed by atoms with Gasteiger partial charge in [-0.15, -0.1) is 0 Å². The summed E-state index contributed by atoms with van der Waals surface area (Å²) in [5, 5.41) is 16.1. The van der Waals surface area contributed by atoms with Crippen LogP contribution < -0.4 is 10.6 Å². The van der Waals surface area contributed by atoms with Crippen LogP contribution in [0.1, 0.15) is 16.7 Å². The van der Waals surface area contributed by atoms with Crippen LogP contribution in [-0.2, 0) is 20.9 Å². The molecule has 1 aromatic heterocycles. The zero-order chi connectivity index (χ0) is 23.1. The third kappa shape index (κ3) is 5.42. The van der Waals surface area contributed by atoms with E-state index >= 15 is 0 Å². The second-order valence-corrected chi connectivity index (χ2v) is 7.51. The first-order valence-corrected chi connectivity index (χ1v) is 10.3. The highest BCUT2D eigenvalue weighted by Gasteiger charge is 2.14. The third-order valence-electron chi connectivity index (χ3n) is 5.06. The number of methoxy groups -OCH3 is 1. The second kappa shape index (κ2) is 10.4. The monoisotopic (exact) mass is 430 g/mol. The maximum absolute atomic E-state index is 12.8. The highest BCUT2D eigenvalue weighted by atomic mass is 16.5. The lowest BCUT2D eigenvalue weighted by Gasteiger charge is -2.08. The Balaban J connectivity index is 1.87. The smallest absolute Gasteiger partial charge is 0.266 e. The number of fused-ring (bicyclic) bond motifs is 1. The molecule has 2 N–H and O–H groups in total. The van der Waals surface area contributed by atoms with E-state index < -0.39 is 5.91 Å². The predicted octanol–water partition coefficient (Wildman–Crippen LogP) is 3.57. The molecule has 1 heterocycles. The molecule has 0 saturated carbocycles. The minimum Gasteiger partial charge on any atom is -0.383 e. The molecule has 3 rings (SSSR count). The molecule has 0 saturated heterocycles. The van der Waals surface area contributed by atoms with Crippen LogP contribution in [0.5, 0.6) is 0 Å². The van der Waals surface area contributed by atoms with E-state index in [1.807, 2.05) is 62.4 Å². The highest BCUT2D eigenvalue weighted by molar-refractivity contribution is 6.11. The number of ether oxygens (including phenoxy) is 1. The van der Waals surface area contributed by atoms with Crippen LogP contribution in [0.2, 0.25) is 0 Å². The number of rotatable bonds is 8. The number of aromatic nitrogens is 1. The summed E-state index contributed by atoms with van der Waals surface area (Å²) in [6.07, 6.45) is 3.34. The van der Waals surface area contributed by atoms with Gasteiger partial charge in [-0.2, -0.15) is 5.26 Å². The van der Waals surface area contributed by atoms with Crippen molar-refractivity contribution in [2.75, 3.05) is 25.6 Å². The fraction of sp³-hybridized carbons (Fsp3) is 0.240. The van der Waals surface area contributed by atoms with Gasteiger partial charge in [0.25, 0.3) is 5.91 Å². The van der Waals surface area contributed by atoms with Gasteiger partial charge < -0.3 is 19.9 Å². The fourth-order valence-electron chi connectivity index (χ4n) is 3.47. The normalized spacial score (nSPS) is 11.2. The molecule has 164 valence electrons. The minimum absolute atomic E-state index is 0.0163. The van der Waals surface area contributed by atoms with Crippen molar-refractivity contribution in [3.63, 3.8) is 0 Å². The van der Waals surface area contributed by atoms with Gasteiger partial charge >= 0.3 is 0 Å². The van der Waals surface area contributed by atoms with Crippen molar-refractivity contribution in [2.24, 2.45) is 0 Å². The number of nitrogens with zero attached hydrogens (tertiary/aromatic N) is 2. The summed E-state index contributed by atoms with van der Waals surface area (Å²) < 4.78 is 6.76. The van der Waals surface area contributed by atoms with Crippen LogP contribution in [0.15, 0.2) is 54.2 Å². The van der Waals surface area contributed by atoms with Crippen molar-refractivity contribution in [3.05, 3.63) is 70.9 Å². The Morgan fingerprint density at radius 2 is 1.97 bits per heavy atom. The van der Waals surface area contributed by atoms with Crippen molar-refractivity contribution < 1.29 is 14.3 Å². The van der Waals surface area contributed by atoms with E-state index in [0.717, 1.165) is 22.0 Å². The Labute approximate surface area is 187 Å². The van der Waals surface area contributed by atoms with Gasteiger partial charge in [-0.05, 0) is 37.6 Å². The standard InChI is InChI=1S/C25H26N4O3/c1-17-8-9-22(18(2)12-17)28-25(31)19(14-26)13-20-15-29(16-24(30)27-10-11-32-3)23-7-5-4-6-21(20)23/h4-9,12-13,15H,10-11,16H2,1-3H3,(H,27,30)(H,28,31). The quantitative estimate of drug-likeness (QED) is 0.324. The summed E-state index contributed by atoms with van der Waals surface area (Å²) in [4.78, 5) is 25.0. The summed E-state index contributed by atoms with van der Waals surface area (Å²) in [6.45, 7) is 4.87. The average Bonchev–Trinajstić information content (AvgIpc) is 3.11. The predicted molar refractivity (Wildman–Crippen MR) is 125 cm³/mol. The maximum atomic E-state index is 12.8. The zero-order valence-electron chi connectivity index (χ0n) is 18.4. The fourth-order valence-corrected chi connectivity index (χ4v) is 3.47. The van der Waals surface area contributed by atoms with E-state index in [1.54, 1.807) is 23.9 Å². The van der Waals surface area contributed by atoms with E-state index in [2.05, 4.69) is 10.6 Å². The van der Waals surface area contributed by atoms with Crippen LogP contribution >= 0.6 is 0 Å². The van der Waals surface area contributed by atoms with Gasteiger partial charge in [-0.3, -0.25) is 9.59 Å². The summed E-state index contributed by atoms with van der Waals surface area (Å²) >= 11 is 0. The molecular weight excluding hydrogens is 404 g/mol. The summed E-state index contributed by atoms with van der Waals surface area (Å²) in [6, 6.07) is 15.3. The van der Waals surface area contributed by atoms with E-state index in [9.17, 15) is 14.9 Å². The molecule has 0 unspecified atom stereocenters. The molecule has 2 amide bonds. The van der Waals surface area contributed by atoms with E-state index in [1.165, 1.54) is 0 Å². The first-order valence-electron chi connectivity index (χ1n) is 10.3. The second-order valence-electron chi connectivity index (χ2n) is 7.51. The summed E-state index contributed by atoms with van der Waals surface area (Å²) in [5.74, 6) is -0.625. The number of carbonyl (C=O) groups excluding carboxylic acids is 2. The lowest BCUT2D eigenvalue weighted by Crippen LogP contribution is -2.30. The SMILES string of the molecule is COCCNC(=O)Cn1cc(C=C(C#N)C(=O)Nc2ccc(C)cc2C)c2ccccc21. The molecule has 2 aromatic carbocycles. The highest BCUT2D eigenvalue weighted by Crippen LogP contribution is 2.24. The van der Waals surface area contributed by atoms with Gasteiger partial charge in [-0.1, -0.05) is 35.9 Å². The number of carbonyl (C=O) groups is 2. The van der Waals surface area contributed by atoms with Gasteiger partial charge in [0.2, 0.25) is 5.91 Å². The Hall–Kier alpha value is -3.89. The van der Waals surface area contributed by atoms with Crippen molar-refractivity contribution in [3.8, 4) is 6.07 Å². The van der Waals surface area contributed by atoms with E-state index in [4.69, 9.17) is 4.74 Å². The molecule has 0 aliphatic carbocycles. The van der Waals surface area contributed by atoms with Crippen molar-refractivity contribution in [2.45, 2.75) is 20.4 Å². The van der Waals surface area contributed by atoms with Gasteiger partial charge in [0, 0.05) is 42.0 Å². The van der Waals surface area contributed by atoms with Crippen molar-refractivity contribution >= 4 is 34.5 Å². The molecule has 7 nitrogen and oxygen atoms in total. The Kier molecular flexibility index (Phi) is 7.42. The van der Waals surface area contributed by atoms with Crippen LogP contribution in [0.3, 0.4) is 0 Å². The summed E-state index contributed by atoms with van der Waals surface area (Å²) in [7, 11) is 1.58. The summed E-state index contributed by atoms with van der Waals surface area (Å²) in [5.41, 5.74) is 4.20. The lowest BCUT2D eigenvalue weighted by molar-refractivity contribution is -0.121. The van der Waals surface area contributed by atoms with Gasteiger partial charge in [0.05, 0.1) is 6.61 Å². The molecule has 32 heavy (non-hydrogen) atoms. The topological polar surface area (TPSA) is 96.2 Å². The number of nitrogens with one attached hydrogen (secondary N) is 2.